The van der Waals surface area contributed by atoms with Crippen molar-refractivity contribution in [2.24, 2.45) is 0 Å². The van der Waals surface area contributed by atoms with Gasteiger partial charge < -0.3 is 10.1 Å². The fourth-order valence-electron chi connectivity index (χ4n) is 4.52. The molecule has 0 unspecified atom stereocenters. The van der Waals surface area contributed by atoms with Gasteiger partial charge in [-0.3, -0.25) is 14.4 Å². The van der Waals surface area contributed by atoms with E-state index in [2.05, 4.69) is 14.9 Å². The smallest absolute Gasteiger partial charge is 0.255 e. The molecule has 1 saturated heterocycles. The normalized spacial score (nSPS) is 16.8. The largest absolute Gasteiger partial charge is 0.492 e. The van der Waals surface area contributed by atoms with Crippen LogP contribution in [0.25, 0.3) is 11.3 Å². The van der Waals surface area contributed by atoms with Gasteiger partial charge in [0, 0.05) is 23.9 Å². The van der Waals surface area contributed by atoms with Gasteiger partial charge in [0.25, 0.3) is 5.91 Å². The summed E-state index contributed by atoms with van der Waals surface area (Å²) in [6.07, 6.45) is 9.62. The molecule has 2 heterocycles. The number of hydrogen-bond acceptors (Lipinski definition) is 4. The van der Waals surface area contributed by atoms with Crippen LogP contribution in [0.2, 0.25) is 0 Å². The summed E-state index contributed by atoms with van der Waals surface area (Å²) in [6, 6.07) is 17.8. The molecule has 5 rings (SSSR count). The first-order chi connectivity index (χ1) is 16.3. The Morgan fingerprint density at radius 1 is 0.970 bits per heavy atom. The number of nitrogens with zero attached hydrogens (tertiary/aromatic N) is 3. The highest BCUT2D eigenvalue weighted by atomic mass is 16.5. The summed E-state index contributed by atoms with van der Waals surface area (Å²) in [5.74, 6) is 0.659. The van der Waals surface area contributed by atoms with Gasteiger partial charge in [0.05, 0.1) is 17.4 Å². The number of benzene rings is 2. The van der Waals surface area contributed by atoms with Crippen LogP contribution in [0.4, 0.5) is 5.69 Å². The third kappa shape index (κ3) is 5.28. The molecule has 0 spiro atoms. The topological polar surface area (TPSA) is 59.4 Å². The minimum Gasteiger partial charge on any atom is -0.492 e. The number of rotatable bonds is 8. The van der Waals surface area contributed by atoms with Crippen molar-refractivity contribution in [3.8, 4) is 17.0 Å². The fraction of sp³-hybridized carbons (Fsp3) is 0.407. The number of aromatic nitrogens is 2. The molecule has 0 radical (unpaired) electrons. The maximum atomic E-state index is 12.9. The second-order valence-electron chi connectivity index (χ2n) is 9.04. The van der Waals surface area contributed by atoms with Gasteiger partial charge in [-0.1, -0.05) is 24.6 Å². The molecule has 2 fully saturated rings. The minimum absolute atomic E-state index is 0.138. The summed E-state index contributed by atoms with van der Waals surface area (Å²) in [5, 5.41) is 7.82. The molecular formula is C27H32N4O2. The Morgan fingerprint density at radius 3 is 2.52 bits per heavy atom. The maximum absolute atomic E-state index is 12.9. The van der Waals surface area contributed by atoms with E-state index in [1.165, 1.54) is 51.6 Å². The molecule has 1 aliphatic heterocycles. The van der Waals surface area contributed by atoms with Gasteiger partial charge in [0.1, 0.15) is 12.4 Å². The van der Waals surface area contributed by atoms with E-state index in [0.29, 0.717) is 18.2 Å². The predicted octanol–water partition coefficient (Wildman–Crippen LogP) is 5.39. The molecule has 1 aliphatic carbocycles. The van der Waals surface area contributed by atoms with Crippen LogP contribution in [-0.2, 0) is 0 Å². The molecule has 3 aromatic rings. The molecule has 172 valence electrons. The lowest BCUT2D eigenvalue weighted by molar-refractivity contribution is 0.102. The molecule has 1 saturated carbocycles. The van der Waals surface area contributed by atoms with Crippen LogP contribution in [0.5, 0.6) is 5.75 Å². The van der Waals surface area contributed by atoms with Crippen molar-refractivity contribution >= 4 is 11.6 Å². The number of hydrogen-bond donors (Lipinski definition) is 1. The van der Waals surface area contributed by atoms with E-state index in [1.54, 1.807) is 0 Å². The van der Waals surface area contributed by atoms with Gasteiger partial charge in [-0.05, 0) is 81.6 Å². The zero-order valence-corrected chi connectivity index (χ0v) is 19.1. The Kier molecular flexibility index (Phi) is 6.72. The van der Waals surface area contributed by atoms with Crippen LogP contribution in [0, 0.1) is 0 Å². The Labute approximate surface area is 195 Å². The van der Waals surface area contributed by atoms with Crippen molar-refractivity contribution in [2.45, 2.75) is 44.6 Å². The lowest BCUT2D eigenvalue weighted by atomic mass is 9.93. The van der Waals surface area contributed by atoms with E-state index in [0.717, 1.165) is 29.2 Å². The van der Waals surface area contributed by atoms with Gasteiger partial charge in [-0.15, -0.1) is 0 Å². The molecule has 1 N–H and O–H groups in total. The molecule has 0 atom stereocenters. The summed E-state index contributed by atoms with van der Waals surface area (Å²) in [4.78, 5) is 15.4. The van der Waals surface area contributed by atoms with E-state index in [-0.39, 0.29) is 5.91 Å². The Morgan fingerprint density at radius 2 is 1.76 bits per heavy atom. The average Bonchev–Trinajstić information content (AvgIpc) is 3.28. The third-order valence-corrected chi connectivity index (χ3v) is 6.75. The molecule has 6 nitrogen and oxygen atoms in total. The van der Waals surface area contributed by atoms with Crippen LogP contribution in [0.15, 0.2) is 60.8 Å². The van der Waals surface area contributed by atoms with Gasteiger partial charge in [0.2, 0.25) is 0 Å². The zero-order valence-electron chi connectivity index (χ0n) is 19.1. The highest BCUT2D eigenvalue weighted by molar-refractivity contribution is 6.06. The van der Waals surface area contributed by atoms with E-state index in [4.69, 9.17) is 9.84 Å². The van der Waals surface area contributed by atoms with Gasteiger partial charge in [-0.25, -0.2) is 0 Å². The van der Waals surface area contributed by atoms with Gasteiger partial charge >= 0.3 is 0 Å². The summed E-state index contributed by atoms with van der Waals surface area (Å²) >= 11 is 0. The first kappa shape index (κ1) is 21.7. The first-order valence-corrected chi connectivity index (χ1v) is 12.2. The molecular weight excluding hydrogens is 412 g/mol. The van der Waals surface area contributed by atoms with Gasteiger partial charge in [-0.2, -0.15) is 5.10 Å². The average molecular weight is 445 g/mol. The predicted molar refractivity (Wildman–Crippen MR) is 131 cm³/mol. The van der Waals surface area contributed by atoms with Crippen molar-refractivity contribution in [3.05, 3.63) is 66.4 Å². The van der Waals surface area contributed by atoms with Crippen molar-refractivity contribution in [1.82, 2.24) is 14.7 Å². The second kappa shape index (κ2) is 10.2. The van der Waals surface area contributed by atoms with Crippen LogP contribution in [0.1, 0.15) is 54.9 Å². The van der Waals surface area contributed by atoms with E-state index in [9.17, 15) is 4.79 Å². The highest BCUT2D eigenvalue weighted by Gasteiger charge is 2.21. The third-order valence-electron chi connectivity index (χ3n) is 6.75. The number of piperidine rings is 1. The van der Waals surface area contributed by atoms with Crippen LogP contribution < -0.4 is 10.1 Å². The number of carbonyl (C=O) groups excluding carboxylic acids is 1. The quantitative estimate of drug-likeness (QED) is 0.506. The monoisotopic (exact) mass is 444 g/mol. The number of likely N-dealkylation sites (tertiary alicyclic amines) is 1. The lowest BCUT2D eigenvalue weighted by Crippen LogP contribution is -2.33. The molecule has 33 heavy (non-hydrogen) atoms. The summed E-state index contributed by atoms with van der Waals surface area (Å²) < 4.78 is 7.95. The number of nitrogens with one attached hydrogen (secondary N) is 1. The first-order valence-electron chi connectivity index (χ1n) is 12.2. The number of ether oxygens (including phenoxy) is 1. The standard InChI is InChI=1S/C27H32N4O2/c32-27(21-11-13-23(14-12-21)33-20-19-30-16-4-1-5-17-30)28-25-10-3-2-9-24(25)26-15-18-31(29-26)22-7-6-8-22/h2-3,9-15,18,22H,1,4-8,16-17,19-20H2,(H,28,32). The van der Waals surface area contributed by atoms with E-state index >= 15 is 0 Å². The SMILES string of the molecule is O=C(Nc1ccccc1-c1ccn(C2CCC2)n1)c1ccc(OCCN2CCCCC2)cc1. The number of carbonyl (C=O) groups is 1. The Bertz CT molecular complexity index is 1070. The van der Waals surface area contributed by atoms with Crippen LogP contribution >= 0.6 is 0 Å². The van der Waals surface area contributed by atoms with Crippen molar-refractivity contribution < 1.29 is 9.53 Å². The zero-order chi connectivity index (χ0) is 22.5. The molecule has 2 aromatic carbocycles. The van der Waals surface area contributed by atoms with E-state index < -0.39 is 0 Å². The summed E-state index contributed by atoms with van der Waals surface area (Å²) in [7, 11) is 0. The second-order valence-corrected chi connectivity index (χ2v) is 9.04. The molecule has 1 amide bonds. The Hall–Kier alpha value is -3.12. The molecule has 0 bridgehead atoms. The summed E-state index contributed by atoms with van der Waals surface area (Å²) in [6.45, 7) is 3.97. The van der Waals surface area contributed by atoms with Crippen molar-refractivity contribution in [3.63, 3.8) is 0 Å². The maximum Gasteiger partial charge on any atom is 0.255 e. The number of anilines is 1. The lowest BCUT2D eigenvalue weighted by Gasteiger charge is -2.26. The highest BCUT2D eigenvalue weighted by Crippen LogP contribution is 2.33. The van der Waals surface area contributed by atoms with Crippen LogP contribution in [-0.4, -0.2) is 46.8 Å². The van der Waals surface area contributed by atoms with Crippen molar-refractivity contribution in [2.75, 3.05) is 31.6 Å². The summed E-state index contributed by atoms with van der Waals surface area (Å²) in [5.41, 5.74) is 3.19. The molecule has 6 heteroatoms. The fourth-order valence-corrected chi connectivity index (χ4v) is 4.52. The Balaban J connectivity index is 1.19. The number of para-hydroxylation sites is 1. The van der Waals surface area contributed by atoms with Crippen molar-refractivity contribution in [1.29, 1.82) is 0 Å². The van der Waals surface area contributed by atoms with Crippen LogP contribution in [0.3, 0.4) is 0 Å². The molecule has 1 aromatic heterocycles. The van der Waals surface area contributed by atoms with Gasteiger partial charge in [0.15, 0.2) is 0 Å². The molecule has 2 aliphatic rings. The number of amides is 1. The van der Waals surface area contributed by atoms with E-state index in [1.807, 2.05) is 60.8 Å². The minimum atomic E-state index is -0.138.